The Morgan fingerprint density at radius 3 is 2.44 bits per heavy atom. The van der Waals surface area contributed by atoms with Gasteiger partial charge in [0.1, 0.15) is 0 Å². The van der Waals surface area contributed by atoms with Crippen molar-refractivity contribution in [3.05, 3.63) is 57.8 Å². The first-order valence-electron chi connectivity index (χ1n) is 10.4. The highest BCUT2D eigenvalue weighted by Gasteiger charge is 2.20. The van der Waals surface area contributed by atoms with E-state index in [0.29, 0.717) is 11.3 Å². The Bertz CT molecular complexity index is 673. The van der Waals surface area contributed by atoms with E-state index in [4.69, 9.17) is 4.74 Å². The number of hydrogen-bond donors (Lipinski definition) is 0. The van der Waals surface area contributed by atoms with E-state index in [2.05, 4.69) is 68.1 Å². The number of aryl methyl sites for hydroxylation is 1. The first-order valence-corrected chi connectivity index (χ1v) is 11.3. The lowest BCUT2D eigenvalue weighted by Crippen LogP contribution is -2.38. The Hall–Kier alpha value is -1.16. The second kappa shape index (κ2) is 9.86. The molecule has 3 rings (SSSR count). The molecule has 1 saturated heterocycles. The second-order valence-electron chi connectivity index (χ2n) is 8.75. The van der Waals surface area contributed by atoms with Gasteiger partial charge < -0.3 is 4.74 Å². The van der Waals surface area contributed by atoms with Gasteiger partial charge in [0.15, 0.2) is 0 Å². The van der Waals surface area contributed by atoms with E-state index in [9.17, 15) is 0 Å². The Morgan fingerprint density at radius 2 is 1.70 bits per heavy atom. The summed E-state index contributed by atoms with van der Waals surface area (Å²) in [6.07, 6.45) is 4.90. The van der Waals surface area contributed by atoms with Gasteiger partial charge in [0, 0.05) is 22.8 Å². The molecular weight excluding hydrogens is 350 g/mol. The summed E-state index contributed by atoms with van der Waals surface area (Å²) in [5.41, 5.74) is 1.84. The van der Waals surface area contributed by atoms with Crippen LogP contribution >= 0.6 is 11.3 Å². The summed E-state index contributed by atoms with van der Waals surface area (Å²) in [4.78, 5) is 5.62. The first-order chi connectivity index (χ1) is 13.0. The van der Waals surface area contributed by atoms with E-state index in [-0.39, 0.29) is 0 Å². The molecule has 1 aromatic heterocycles. The number of hydrogen-bond acceptors (Lipinski definition) is 3. The van der Waals surface area contributed by atoms with Crippen molar-refractivity contribution in [2.24, 2.45) is 5.41 Å². The maximum atomic E-state index is 5.45. The van der Waals surface area contributed by atoms with Crippen LogP contribution in [0, 0.1) is 5.41 Å². The Kier molecular flexibility index (Phi) is 7.51. The molecule has 1 fully saturated rings. The number of morpholine rings is 1. The van der Waals surface area contributed by atoms with Crippen LogP contribution < -0.4 is 0 Å². The normalized spacial score (nSPS) is 17.1. The standard InChI is InChI=1S/C24H35NOS/c1-20(21-7-5-4-6-8-21)19-23-10-9-22(27-23)11-12-24(2,3)13-14-25-15-17-26-18-16-25/h4-10,20H,11-19H2,1-3H3. The van der Waals surface area contributed by atoms with Crippen molar-refractivity contribution in [3.63, 3.8) is 0 Å². The maximum absolute atomic E-state index is 5.45. The Balaban J connectivity index is 1.44. The lowest BCUT2D eigenvalue weighted by atomic mass is 9.84. The van der Waals surface area contributed by atoms with Crippen LogP contribution in [0.3, 0.4) is 0 Å². The van der Waals surface area contributed by atoms with Crippen LogP contribution in [-0.4, -0.2) is 37.7 Å². The van der Waals surface area contributed by atoms with E-state index >= 15 is 0 Å². The number of ether oxygens (including phenoxy) is 1. The van der Waals surface area contributed by atoms with Gasteiger partial charge in [-0.25, -0.2) is 0 Å². The van der Waals surface area contributed by atoms with Gasteiger partial charge in [-0.15, -0.1) is 11.3 Å². The zero-order valence-corrected chi connectivity index (χ0v) is 18.1. The molecule has 0 aliphatic carbocycles. The second-order valence-corrected chi connectivity index (χ2v) is 10.0. The number of rotatable bonds is 9. The predicted molar refractivity (Wildman–Crippen MR) is 117 cm³/mol. The largest absolute Gasteiger partial charge is 0.379 e. The lowest BCUT2D eigenvalue weighted by Gasteiger charge is -2.31. The highest BCUT2D eigenvalue weighted by atomic mass is 32.1. The average molecular weight is 386 g/mol. The van der Waals surface area contributed by atoms with Gasteiger partial charge in [-0.2, -0.15) is 0 Å². The minimum atomic E-state index is 0.403. The molecular formula is C24H35NOS. The van der Waals surface area contributed by atoms with Crippen molar-refractivity contribution in [3.8, 4) is 0 Å². The first kappa shape index (κ1) is 20.6. The van der Waals surface area contributed by atoms with E-state index in [0.717, 1.165) is 32.7 Å². The smallest absolute Gasteiger partial charge is 0.0594 e. The van der Waals surface area contributed by atoms with Crippen molar-refractivity contribution < 1.29 is 4.74 Å². The third-order valence-corrected chi connectivity index (χ3v) is 7.02. The number of nitrogens with zero attached hydrogens (tertiary/aromatic N) is 1. The zero-order valence-electron chi connectivity index (χ0n) is 17.2. The quantitative estimate of drug-likeness (QED) is 0.543. The predicted octanol–water partition coefficient (Wildman–Crippen LogP) is 5.78. The van der Waals surface area contributed by atoms with Crippen molar-refractivity contribution in [2.45, 2.75) is 52.4 Å². The van der Waals surface area contributed by atoms with Crippen LogP contribution in [0.25, 0.3) is 0 Å². The van der Waals surface area contributed by atoms with Crippen molar-refractivity contribution in [1.82, 2.24) is 4.90 Å². The SMILES string of the molecule is CC(Cc1ccc(CCC(C)(C)CCN2CCOCC2)s1)c1ccccc1. The van der Waals surface area contributed by atoms with E-state index in [1.807, 2.05) is 11.3 Å². The van der Waals surface area contributed by atoms with Gasteiger partial charge in [0.05, 0.1) is 13.2 Å². The fraction of sp³-hybridized carbons (Fsp3) is 0.583. The van der Waals surface area contributed by atoms with Crippen LogP contribution in [0.15, 0.2) is 42.5 Å². The molecule has 1 aliphatic rings. The minimum Gasteiger partial charge on any atom is -0.379 e. The molecule has 1 unspecified atom stereocenters. The molecule has 0 spiro atoms. The highest BCUT2D eigenvalue weighted by Crippen LogP contribution is 2.31. The summed E-state index contributed by atoms with van der Waals surface area (Å²) in [5.74, 6) is 0.586. The molecule has 2 nitrogen and oxygen atoms in total. The molecule has 27 heavy (non-hydrogen) atoms. The van der Waals surface area contributed by atoms with Gasteiger partial charge in [0.25, 0.3) is 0 Å². The third kappa shape index (κ3) is 6.74. The van der Waals surface area contributed by atoms with E-state index in [1.54, 1.807) is 4.88 Å². The number of benzene rings is 1. The van der Waals surface area contributed by atoms with Crippen LogP contribution in [0.2, 0.25) is 0 Å². The summed E-state index contributed by atoms with van der Waals surface area (Å²) in [6.45, 7) is 12.4. The van der Waals surface area contributed by atoms with E-state index in [1.165, 1.54) is 36.2 Å². The Labute approximate surface area is 169 Å². The van der Waals surface area contributed by atoms with Gasteiger partial charge in [-0.1, -0.05) is 51.1 Å². The molecule has 1 aromatic carbocycles. The van der Waals surface area contributed by atoms with Crippen LogP contribution in [0.4, 0.5) is 0 Å². The summed E-state index contributed by atoms with van der Waals surface area (Å²) >= 11 is 2.02. The monoisotopic (exact) mass is 385 g/mol. The van der Waals surface area contributed by atoms with Gasteiger partial charge in [-0.05, 0) is 61.3 Å². The molecule has 0 saturated carbocycles. The van der Waals surface area contributed by atoms with Crippen molar-refractivity contribution in [2.75, 3.05) is 32.8 Å². The Morgan fingerprint density at radius 1 is 1.00 bits per heavy atom. The lowest BCUT2D eigenvalue weighted by molar-refractivity contribution is 0.0323. The van der Waals surface area contributed by atoms with Gasteiger partial charge >= 0.3 is 0 Å². The molecule has 0 amide bonds. The summed E-state index contributed by atoms with van der Waals surface area (Å²) < 4.78 is 5.45. The molecule has 2 aromatic rings. The summed E-state index contributed by atoms with van der Waals surface area (Å²) in [5, 5.41) is 0. The molecule has 148 valence electrons. The highest BCUT2D eigenvalue weighted by molar-refractivity contribution is 7.12. The van der Waals surface area contributed by atoms with Gasteiger partial charge in [0.2, 0.25) is 0 Å². The van der Waals surface area contributed by atoms with Crippen molar-refractivity contribution in [1.29, 1.82) is 0 Å². The molecule has 3 heteroatoms. The minimum absolute atomic E-state index is 0.403. The third-order valence-electron chi connectivity index (χ3n) is 5.85. The van der Waals surface area contributed by atoms with Crippen LogP contribution in [0.1, 0.15) is 54.8 Å². The number of thiophene rings is 1. The average Bonchev–Trinajstić information content (AvgIpc) is 3.14. The van der Waals surface area contributed by atoms with E-state index < -0.39 is 0 Å². The molecule has 2 heterocycles. The van der Waals surface area contributed by atoms with Crippen LogP contribution in [0.5, 0.6) is 0 Å². The molecule has 1 aliphatic heterocycles. The molecule has 0 bridgehead atoms. The van der Waals surface area contributed by atoms with Gasteiger partial charge in [-0.3, -0.25) is 4.90 Å². The van der Waals surface area contributed by atoms with Crippen molar-refractivity contribution >= 4 is 11.3 Å². The summed E-state index contributed by atoms with van der Waals surface area (Å²) in [6, 6.07) is 15.6. The van der Waals surface area contributed by atoms with Crippen LogP contribution in [-0.2, 0) is 17.6 Å². The molecule has 0 N–H and O–H groups in total. The topological polar surface area (TPSA) is 12.5 Å². The maximum Gasteiger partial charge on any atom is 0.0594 e. The zero-order chi connectivity index (χ0) is 19.1. The fourth-order valence-corrected chi connectivity index (χ4v) is 4.89. The fourth-order valence-electron chi connectivity index (χ4n) is 3.74. The summed E-state index contributed by atoms with van der Waals surface area (Å²) in [7, 11) is 0. The molecule has 0 radical (unpaired) electrons. The molecule has 1 atom stereocenters.